The Morgan fingerprint density at radius 1 is 1.00 bits per heavy atom. The number of amides is 1. The maximum Gasteiger partial charge on any atom is 0.243 e. The van der Waals surface area contributed by atoms with E-state index in [-0.39, 0.29) is 16.8 Å². The molecule has 150 valence electrons. The van der Waals surface area contributed by atoms with E-state index in [1.807, 2.05) is 6.92 Å². The fourth-order valence-corrected chi connectivity index (χ4v) is 5.43. The largest absolute Gasteiger partial charge is 0.325 e. The second kappa shape index (κ2) is 9.17. The highest BCUT2D eigenvalue weighted by Crippen LogP contribution is 2.22. The molecule has 7 heteroatoms. The molecule has 1 heterocycles. The quantitative estimate of drug-likeness (QED) is 0.728. The summed E-state index contributed by atoms with van der Waals surface area (Å²) in [5.74, 6) is -0.0885. The molecule has 0 aromatic heterocycles. The summed E-state index contributed by atoms with van der Waals surface area (Å²) in [6.07, 6.45) is 9.09. The van der Waals surface area contributed by atoms with E-state index >= 15 is 0 Å². The van der Waals surface area contributed by atoms with E-state index in [0.29, 0.717) is 24.8 Å². The molecule has 3 rings (SSSR count). The summed E-state index contributed by atoms with van der Waals surface area (Å²) in [5, 5.41) is 6.32. The number of nitrogens with one attached hydrogen (secondary N) is 2. The molecular weight excluding hydrogens is 362 g/mol. The molecule has 2 fully saturated rings. The normalized spacial score (nSPS) is 20.9. The van der Waals surface area contributed by atoms with Crippen molar-refractivity contribution < 1.29 is 13.2 Å². The molecule has 2 aliphatic rings. The molecule has 1 amide bonds. The average Bonchev–Trinajstić information content (AvgIpc) is 3.09. The van der Waals surface area contributed by atoms with Crippen LogP contribution < -0.4 is 10.6 Å². The molecule has 2 N–H and O–H groups in total. The van der Waals surface area contributed by atoms with Crippen molar-refractivity contribution in [1.29, 1.82) is 0 Å². The van der Waals surface area contributed by atoms with Crippen LogP contribution in [0, 0.1) is 0 Å². The summed E-state index contributed by atoms with van der Waals surface area (Å²) >= 11 is 0. The number of sulfonamides is 1. The average molecular weight is 394 g/mol. The topological polar surface area (TPSA) is 78.5 Å². The minimum atomic E-state index is -3.41. The van der Waals surface area contributed by atoms with Crippen LogP contribution in [0.3, 0.4) is 0 Å². The molecule has 0 bridgehead atoms. The lowest BCUT2D eigenvalue weighted by Gasteiger charge is -2.21. The van der Waals surface area contributed by atoms with Crippen LogP contribution in [0.25, 0.3) is 0 Å². The van der Waals surface area contributed by atoms with Crippen molar-refractivity contribution in [3.05, 3.63) is 24.3 Å². The van der Waals surface area contributed by atoms with Crippen LogP contribution in [0.15, 0.2) is 29.2 Å². The zero-order valence-corrected chi connectivity index (χ0v) is 16.9. The van der Waals surface area contributed by atoms with E-state index in [2.05, 4.69) is 10.6 Å². The first-order valence-corrected chi connectivity index (χ1v) is 11.6. The third-order valence-corrected chi connectivity index (χ3v) is 7.47. The van der Waals surface area contributed by atoms with Crippen molar-refractivity contribution in [3.8, 4) is 0 Å². The van der Waals surface area contributed by atoms with Gasteiger partial charge in [0.2, 0.25) is 15.9 Å². The SMILES string of the molecule is CC(NC1CCCCCC1)C(=O)Nc1ccc(S(=O)(=O)N2CCCC2)cc1. The minimum absolute atomic E-state index is 0.0885. The monoisotopic (exact) mass is 393 g/mol. The Morgan fingerprint density at radius 3 is 2.19 bits per heavy atom. The van der Waals surface area contributed by atoms with E-state index in [1.54, 1.807) is 24.3 Å². The van der Waals surface area contributed by atoms with Crippen molar-refractivity contribution in [2.75, 3.05) is 18.4 Å². The minimum Gasteiger partial charge on any atom is -0.325 e. The lowest BCUT2D eigenvalue weighted by molar-refractivity contribution is -0.118. The molecular formula is C20H31N3O3S. The van der Waals surface area contributed by atoms with Crippen molar-refractivity contribution in [1.82, 2.24) is 9.62 Å². The summed E-state index contributed by atoms with van der Waals surface area (Å²) in [6, 6.07) is 6.61. The maximum atomic E-state index is 12.6. The van der Waals surface area contributed by atoms with Gasteiger partial charge in [-0.3, -0.25) is 4.79 Å². The number of hydrogen-bond donors (Lipinski definition) is 2. The molecule has 1 saturated carbocycles. The number of carbonyl (C=O) groups excluding carboxylic acids is 1. The number of carbonyl (C=O) groups is 1. The Hall–Kier alpha value is -1.44. The second-order valence-electron chi connectivity index (χ2n) is 7.70. The molecule has 1 aliphatic carbocycles. The first kappa shape index (κ1) is 20.3. The third-order valence-electron chi connectivity index (χ3n) is 5.56. The molecule has 1 aromatic rings. The first-order chi connectivity index (χ1) is 13.0. The molecule has 1 unspecified atom stereocenters. The highest BCUT2D eigenvalue weighted by Gasteiger charge is 2.27. The van der Waals surface area contributed by atoms with Crippen molar-refractivity contribution in [3.63, 3.8) is 0 Å². The van der Waals surface area contributed by atoms with Gasteiger partial charge in [-0.05, 0) is 56.9 Å². The van der Waals surface area contributed by atoms with Gasteiger partial charge in [-0.25, -0.2) is 8.42 Å². The Labute approximate surface area is 162 Å². The maximum absolute atomic E-state index is 12.6. The zero-order valence-electron chi connectivity index (χ0n) is 16.1. The Balaban J connectivity index is 1.56. The van der Waals surface area contributed by atoms with Gasteiger partial charge in [0.15, 0.2) is 0 Å². The highest BCUT2D eigenvalue weighted by atomic mass is 32.2. The third kappa shape index (κ3) is 5.30. The van der Waals surface area contributed by atoms with Crippen LogP contribution in [0.5, 0.6) is 0 Å². The summed E-state index contributed by atoms with van der Waals surface area (Å²) in [7, 11) is -3.41. The van der Waals surface area contributed by atoms with Crippen LogP contribution >= 0.6 is 0 Å². The molecule has 1 aromatic carbocycles. The Bertz CT molecular complexity index is 719. The summed E-state index contributed by atoms with van der Waals surface area (Å²) in [5.41, 5.74) is 0.620. The molecule has 0 radical (unpaired) electrons. The highest BCUT2D eigenvalue weighted by molar-refractivity contribution is 7.89. The van der Waals surface area contributed by atoms with E-state index in [0.717, 1.165) is 25.7 Å². The molecule has 0 spiro atoms. The fraction of sp³-hybridized carbons (Fsp3) is 0.650. The standard InChI is InChI=1S/C20H31N3O3S/c1-16(21-17-8-4-2-3-5-9-17)20(24)22-18-10-12-19(13-11-18)27(25,26)23-14-6-7-15-23/h10-13,16-17,21H,2-9,14-15H2,1H3,(H,22,24). The molecule has 27 heavy (non-hydrogen) atoms. The van der Waals surface area contributed by atoms with Gasteiger partial charge < -0.3 is 10.6 Å². The van der Waals surface area contributed by atoms with Gasteiger partial charge in [0.05, 0.1) is 10.9 Å². The molecule has 1 saturated heterocycles. The van der Waals surface area contributed by atoms with E-state index < -0.39 is 10.0 Å². The van der Waals surface area contributed by atoms with Crippen LogP contribution in [0.4, 0.5) is 5.69 Å². The van der Waals surface area contributed by atoms with Crippen LogP contribution in [-0.2, 0) is 14.8 Å². The van der Waals surface area contributed by atoms with E-state index in [1.165, 1.54) is 30.0 Å². The van der Waals surface area contributed by atoms with E-state index in [9.17, 15) is 13.2 Å². The lowest BCUT2D eigenvalue weighted by atomic mass is 10.1. The Kier molecular flexibility index (Phi) is 6.89. The number of benzene rings is 1. The van der Waals surface area contributed by atoms with Crippen LogP contribution in [0.2, 0.25) is 0 Å². The lowest BCUT2D eigenvalue weighted by Crippen LogP contribution is -2.43. The summed E-state index contributed by atoms with van der Waals surface area (Å²) in [6.45, 7) is 3.06. The van der Waals surface area contributed by atoms with Gasteiger partial charge in [-0.2, -0.15) is 4.31 Å². The zero-order chi connectivity index (χ0) is 19.3. The van der Waals surface area contributed by atoms with Crippen molar-refractivity contribution >= 4 is 21.6 Å². The number of hydrogen-bond acceptors (Lipinski definition) is 4. The van der Waals surface area contributed by atoms with E-state index in [4.69, 9.17) is 0 Å². The second-order valence-corrected chi connectivity index (χ2v) is 9.64. The molecule has 1 atom stereocenters. The number of anilines is 1. The van der Waals surface area contributed by atoms with Crippen molar-refractivity contribution in [2.45, 2.75) is 75.3 Å². The van der Waals surface area contributed by atoms with Gasteiger partial charge in [-0.15, -0.1) is 0 Å². The van der Waals surface area contributed by atoms with Crippen LogP contribution in [-0.4, -0.2) is 43.8 Å². The first-order valence-electron chi connectivity index (χ1n) is 10.1. The van der Waals surface area contributed by atoms with Gasteiger partial charge in [0.25, 0.3) is 0 Å². The predicted molar refractivity (Wildman–Crippen MR) is 107 cm³/mol. The van der Waals surface area contributed by atoms with Crippen LogP contribution in [0.1, 0.15) is 58.3 Å². The van der Waals surface area contributed by atoms with Gasteiger partial charge >= 0.3 is 0 Å². The predicted octanol–water partition coefficient (Wildman–Crippen LogP) is 3.11. The van der Waals surface area contributed by atoms with Crippen molar-refractivity contribution in [2.24, 2.45) is 0 Å². The van der Waals surface area contributed by atoms with Gasteiger partial charge in [-0.1, -0.05) is 25.7 Å². The number of nitrogens with zero attached hydrogens (tertiary/aromatic N) is 1. The number of rotatable bonds is 6. The fourth-order valence-electron chi connectivity index (χ4n) is 3.91. The van der Waals surface area contributed by atoms with Gasteiger partial charge in [0, 0.05) is 24.8 Å². The molecule has 1 aliphatic heterocycles. The molecule has 6 nitrogen and oxygen atoms in total. The van der Waals surface area contributed by atoms with Gasteiger partial charge in [0.1, 0.15) is 0 Å². The summed E-state index contributed by atoms with van der Waals surface area (Å²) < 4.78 is 26.6. The Morgan fingerprint density at radius 2 is 1.59 bits per heavy atom. The smallest absolute Gasteiger partial charge is 0.243 e. The summed E-state index contributed by atoms with van der Waals surface area (Å²) in [4.78, 5) is 12.7.